The summed E-state index contributed by atoms with van der Waals surface area (Å²) in [7, 11) is 5.06. The number of hydrogen-bond acceptors (Lipinski definition) is 4. The first-order valence-corrected chi connectivity index (χ1v) is 8.86. The van der Waals surface area contributed by atoms with Crippen molar-refractivity contribution in [2.24, 2.45) is 7.05 Å². The van der Waals surface area contributed by atoms with Crippen LogP contribution in [0.4, 0.5) is 0 Å². The Balaban J connectivity index is 2.44. The minimum Gasteiger partial charge on any atom is -0.361 e. The van der Waals surface area contributed by atoms with Gasteiger partial charge < -0.3 is 14.0 Å². The fourth-order valence-electron chi connectivity index (χ4n) is 3.39. The molecule has 0 saturated carbocycles. The first-order valence-electron chi connectivity index (χ1n) is 8.86. The maximum Gasteiger partial charge on any atom is 0.294 e. The number of para-hydroxylation sites is 1. The summed E-state index contributed by atoms with van der Waals surface area (Å²) in [5, 5.41) is 5.01. The Hall–Kier alpha value is -2.89. The molecule has 0 fully saturated rings. The monoisotopic (exact) mass is 367 g/mol. The third-order valence-corrected chi connectivity index (χ3v) is 4.74. The lowest BCUT2D eigenvalue weighted by molar-refractivity contribution is -0.124. The van der Waals surface area contributed by atoms with Crippen LogP contribution in [0.3, 0.4) is 0 Å². The van der Waals surface area contributed by atoms with Crippen molar-refractivity contribution in [2.75, 3.05) is 14.1 Å². The summed E-state index contributed by atoms with van der Waals surface area (Å²) in [6, 6.07) is 7.59. The molecule has 3 aromatic rings. The topological polar surface area (TPSA) is 68.3 Å². The molecule has 0 N–H and O–H groups in total. The van der Waals surface area contributed by atoms with Crippen molar-refractivity contribution in [3.05, 3.63) is 41.3 Å². The van der Waals surface area contributed by atoms with Crippen molar-refractivity contribution < 1.29 is 14.1 Å². The van der Waals surface area contributed by atoms with Crippen LogP contribution < -0.4 is 0 Å². The Morgan fingerprint density at radius 2 is 1.78 bits per heavy atom. The van der Waals surface area contributed by atoms with E-state index in [4.69, 9.17) is 4.52 Å². The van der Waals surface area contributed by atoms with Gasteiger partial charge in [-0.1, -0.05) is 44.1 Å². The van der Waals surface area contributed by atoms with Gasteiger partial charge in [0.05, 0.1) is 22.5 Å². The predicted octanol–water partition coefficient (Wildman–Crippen LogP) is 3.71. The molecule has 27 heavy (non-hydrogen) atoms. The third kappa shape index (κ3) is 2.95. The van der Waals surface area contributed by atoms with Crippen LogP contribution in [0.15, 0.2) is 28.8 Å². The Labute approximate surface area is 158 Å². The van der Waals surface area contributed by atoms with Crippen LogP contribution >= 0.6 is 0 Å². The van der Waals surface area contributed by atoms with Gasteiger partial charge in [0.1, 0.15) is 5.76 Å². The summed E-state index contributed by atoms with van der Waals surface area (Å²) in [6.45, 7) is 7.96. The predicted molar refractivity (Wildman–Crippen MR) is 105 cm³/mol. The lowest BCUT2D eigenvalue weighted by atomic mass is 9.86. The number of benzene rings is 1. The molecule has 2 aromatic heterocycles. The molecule has 0 aliphatic heterocycles. The highest BCUT2D eigenvalue weighted by atomic mass is 16.5. The van der Waals surface area contributed by atoms with Gasteiger partial charge in [-0.2, -0.15) is 0 Å². The number of Topliss-reactive ketones (excluding diaryl/α,β-unsaturated/α-hetero) is 1. The van der Waals surface area contributed by atoms with E-state index in [2.05, 4.69) is 5.16 Å². The molecule has 0 aliphatic rings. The molecule has 0 radical (unpaired) electrons. The van der Waals surface area contributed by atoms with Crippen molar-refractivity contribution in [2.45, 2.75) is 33.1 Å². The smallest absolute Gasteiger partial charge is 0.294 e. The molecular formula is C21H25N3O3. The Morgan fingerprint density at radius 1 is 1.15 bits per heavy atom. The van der Waals surface area contributed by atoms with Crippen LogP contribution in [0.1, 0.15) is 42.6 Å². The zero-order valence-corrected chi connectivity index (χ0v) is 16.9. The maximum atomic E-state index is 13.1. The molecule has 0 spiro atoms. The lowest BCUT2D eigenvalue weighted by Crippen LogP contribution is -2.30. The van der Waals surface area contributed by atoms with Crippen molar-refractivity contribution in [3.63, 3.8) is 0 Å². The summed E-state index contributed by atoms with van der Waals surface area (Å²) >= 11 is 0. The van der Waals surface area contributed by atoms with Crippen molar-refractivity contribution in [1.29, 1.82) is 0 Å². The van der Waals surface area contributed by atoms with Crippen LogP contribution in [0, 0.1) is 6.92 Å². The van der Waals surface area contributed by atoms with Gasteiger partial charge in [-0.15, -0.1) is 0 Å². The molecule has 0 saturated heterocycles. The number of carbonyl (C=O) groups is 2. The van der Waals surface area contributed by atoms with E-state index in [1.165, 1.54) is 4.90 Å². The standard InChI is InChI=1S/C21H25N3O3/c1-12-15(19(22-27-12)21(2,3)4)17-16(18(25)20(26)23(5)6)13-10-8-9-11-14(13)24(17)7/h8-11H,1-7H3. The van der Waals surface area contributed by atoms with Crippen LogP contribution in [-0.4, -0.2) is 40.4 Å². The Bertz CT molecular complexity index is 1050. The second kappa shape index (κ2) is 6.37. The van der Waals surface area contributed by atoms with E-state index in [1.54, 1.807) is 14.1 Å². The van der Waals surface area contributed by atoms with Gasteiger partial charge in [0.25, 0.3) is 11.7 Å². The van der Waals surface area contributed by atoms with Gasteiger partial charge in [-0.3, -0.25) is 9.59 Å². The van der Waals surface area contributed by atoms with Crippen molar-refractivity contribution >= 4 is 22.6 Å². The molecular weight excluding hydrogens is 342 g/mol. The van der Waals surface area contributed by atoms with E-state index < -0.39 is 11.7 Å². The molecule has 0 unspecified atom stereocenters. The first-order chi connectivity index (χ1) is 12.6. The van der Waals surface area contributed by atoms with E-state index in [1.807, 2.05) is 63.6 Å². The summed E-state index contributed by atoms with van der Waals surface area (Å²) in [6.07, 6.45) is 0. The first kappa shape index (κ1) is 18.9. The van der Waals surface area contributed by atoms with Crippen molar-refractivity contribution in [1.82, 2.24) is 14.6 Å². The van der Waals surface area contributed by atoms with Gasteiger partial charge in [0.2, 0.25) is 0 Å². The normalized spacial score (nSPS) is 11.8. The number of likely N-dealkylation sites (N-methyl/N-ethyl adjacent to an activating group) is 1. The SMILES string of the molecule is Cc1onc(C(C)(C)C)c1-c1c(C(=O)C(=O)N(C)C)c2ccccc2n1C. The molecule has 142 valence electrons. The van der Waals surface area contributed by atoms with Crippen LogP contribution in [0.25, 0.3) is 22.2 Å². The molecule has 6 nitrogen and oxygen atoms in total. The number of ketones is 1. The lowest BCUT2D eigenvalue weighted by Gasteiger charge is -2.18. The molecule has 6 heteroatoms. The molecule has 1 amide bonds. The third-order valence-electron chi connectivity index (χ3n) is 4.74. The minimum absolute atomic E-state index is 0.282. The second-order valence-electron chi connectivity index (χ2n) is 8.04. The van der Waals surface area contributed by atoms with E-state index in [9.17, 15) is 9.59 Å². The van der Waals surface area contributed by atoms with Gasteiger partial charge in [0.15, 0.2) is 0 Å². The maximum absolute atomic E-state index is 13.1. The Morgan fingerprint density at radius 3 is 2.37 bits per heavy atom. The fraction of sp³-hybridized carbons (Fsp3) is 0.381. The highest BCUT2D eigenvalue weighted by Crippen LogP contribution is 2.40. The largest absolute Gasteiger partial charge is 0.361 e. The van der Waals surface area contributed by atoms with Gasteiger partial charge in [-0.25, -0.2) is 0 Å². The van der Waals surface area contributed by atoms with Gasteiger partial charge in [-0.05, 0) is 13.0 Å². The average Bonchev–Trinajstić information content (AvgIpc) is 3.11. The Kier molecular flexibility index (Phi) is 4.46. The highest BCUT2D eigenvalue weighted by molar-refractivity contribution is 6.46. The summed E-state index contributed by atoms with van der Waals surface area (Å²) < 4.78 is 7.44. The molecule has 0 aliphatic carbocycles. The van der Waals surface area contributed by atoms with Crippen molar-refractivity contribution in [3.8, 4) is 11.3 Å². The molecule has 1 aromatic carbocycles. The van der Waals surface area contributed by atoms with Crippen LogP contribution in [-0.2, 0) is 17.3 Å². The van der Waals surface area contributed by atoms with Crippen LogP contribution in [0.5, 0.6) is 0 Å². The van der Waals surface area contributed by atoms with E-state index >= 15 is 0 Å². The zero-order valence-electron chi connectivity index (χ0n) is 16.9. The average molecular weight is 367 g/mol. The number of amides is 1. The molecule has 0 bridgehead atoms. The molecule has 2 heterocycles. The number of carbonyl (C=O) groups excluding carboxylic acids is 2. The molecule has 0 atom stereocenters. The summed E-state index contributed by atoms with van der Waals surface area (Å²) in [4.78, 5) is 27.0. The second-order valence-corrected chi connectivity index (χ2v) is 8.04. The number of hydrogen-bond donors (Lipinski definition) is 0. The molecule has 3 rings (SSSR count). The summed E-state index contributed by atoms with van der Waals surface area (Å²) in [5.41, 5.74) is 3.19. The number of nitrogens with zero attached hydrogens (tertiary/aromatic N) is 3. The quantitative estimate of drug-likeness (QED) is 0.523. The highest BCUT2D eigenvalue weighted by Gasteiger charge is 2.33. The minimum atomic E-state index is -0.556. The van der Waals surface area contributed by atoms with E-state index in [-0.39, 0.29) is 5.41 Å². The van der Waals surface area contributed by atoms with Gasteiger partial charge in [0, 0.05) is 37.5 Å². The number of aromatic nitrogens is 2. The van der Waals surface area contributed by atoms with E-state index in [0.29, 0.717) is 17.0 Å². The fourth-order valence-corrected chi connectivity index (χ4v) is 3.39. The zero-order chi connectivity index (χ0) is 20.1. The van der Waals surface area contributed by atoms with E-state index in [0.717, 1.165) is 22.2 Å². The van der Waals surface area contributed by atoms with Crippen LogP contribution in [0.2, 0.25) is 0 Å². The number of aryl methyl sites for hydroxylation is 2. The summed E-state index contributed by atoms with van der Waals surface area (Å²) in [5.74, 6) is -0.469. The van der Waals surface area contributed by atoms with Gasteiger partial charge >= 0.3 is 0 Å². The number of fused-ring (bicyclic) bond motifs is 1. The number of rotatable bonds is 3.